The van der Waals surface area contributed by atoms with Crippen molar-refractivity contribution >= 4 is 23.9 Å². The molecule has 0 spiro atoms. The van der Waals surface area contributed by atoms with Crippen LogP contribution in [0.5, 0.6) is 0 Å². The van der Waals surface area contributed by atoms with Gasteiger partial charge in [-0.15, -0.1) is 0 Å². The molecule has 10 nitrogen and oxygen atoms in total. The Morgan fingerprint density at radius 1 is 0.603 bits per heavy atom. The first-order valence-electron chi connectivity index (χ1n) is 23.9. The van der Waals surface area contributed by atoms with Crippen molar-refractivity contribution in [3.63, 3.8) is 0 Å². The Morgan fingerprint density at radius 3 is 1.66 bits per heavy atom. The number of rotatable bonds is 8. The summed E-state index contributed by atoms with van der Waals surface area (Å²) in [5.41, 5.74) is 1.11. The molecule has 0 aromatic heterocycles. The van der Waals surface area contributed by atoms with Crippen LogP contribution in [0.15, 0.2) is 12.2 Å². The van der Waals surface area contributed by atoms with Crippen LogP contribution in [0.3, 0.4) is 0 Å². The van der Waals surface area contributed by atoms with Crippen molar-refractivity contribution in [2.24, 2.45) is 69.0 Å². The van der Waals surface area contributed by atoms with Gasteiger partial charge in [-0.1, -0.05) is 47.6 Å². The van der Waals surface area contributed by atoms with Crippen LogP contribution >= 0.6 is 0 Å². The number of fused-ring (bicyclic) bond motifs is 10. The third kappa shape index (κ3) is 7.49. The van der Waals surface area contributed by atoms with Gasteiger partial charge in [-0.05, 0) is 166 Å². The maximum atomic E-state index is 12.3. The molecule has 58 heavy (non-hydrogen) atoms. The lowest BCUT2D eigenvalue weighted by atomic mass is 9.47. The molecule has 14 atom stereocenters. The van der Waals surface area contributed by atoms with E-state index >= 15 is 0 Å². The van der Waals surface area contributed by atoms with Crippen LogP contribution in [-0.4, -0.2) is 86.0 Å². The number of amides is 6. The molecule has 0 aromatic carbocycles. The average molecular weight is 805 g/mol. The highest BCUT2D eigenvalue weighted by molar-refractivity contribution is 5.89. The van der Waals surface area contributed by atoms with Crippen LogP contribution in [0.2, 0.25) is 0 Å². The highest BCUT2D eigenvalue weighted by atomic mass is 16.2. The summed E-state index contributed by atoms with van der Waals surface area (Å²) in [6.45, 7) is 17.2. The van der Waals surface area contributed by atoms with Crippen LogP contribution in [0, 0.1) is 69.0 Å². The van der Waals surface area contributed by atoms with Crippen molar-refractivity contribution in [1.29, 1.82) is 0 Å². The van der Waals surface area contributed by atoms with Gasteiger partial charge in [-0.25, -0.2) is 9.59 Å². The van der Waals surface area contributed by atoms with Crippen LogP contribution in [-0.2, 0) is 9.59 Å². The fourth-order valence-corrected chi connectivity index (χ4v) is 15.8. The predicted octanol–water partition coefficient (Wildman–Crippen LogP) is 8.13. The minimum atomic E-state index is -0.0133. The van der Waals surface area contributed by atoms with E-state index in [-0.39, 0.29) is 23.4 Å². The van der Waals surface area contributed by atoms with Crippen LogP contribution in [0.1, 0.15) is 144 Å². The first-order valence-corrected chi connectivity index (χ1v) is 23.9. The molecule has 2 heterocycles. The number of carbonyl (C=O) groups excluding carboxylic acids is 4. The minimum absolute atomic E-state index is 0.00415. The lowest BCUT2D eigenvalue weighted by Gasteiger charge is -2.61. The third-order valence-electron chi connectivity index (χ3n) is 19.2. The Kier molecular flexibility index (Phi) is 12.6. The average Bonchev–Trinajstić information content (AvgIpc) is 3.73. The fraction of sp³-hybridized carbons (Fsp3) is 0.875. The van der Waals surface area contributed by atoms with Crippen molar-refractivity contribution in [2.75, 3.05) is 40.3 Å². The maximum absolute atomic E-state index is 12.3. The topological polar surface area (TPSA) is 123 Å². The van der Waals surface area contributed by atoms with Crippen molar-refractivity contribution in [2.45, 2.75) is 156 Å². The molecule has 0 bridgehead atoms. The molecule has 6 aliphatic carbocycles. The summed E-state index contributed by atoms with van der Waals surface area (Å²) in [5.74, 6) is 6.21. The Morgan fingerprint density at radius 2 is 1.10 bits per heavy atom. The molecule has 0 aromatic rings. The molecule has 6 saturated carbocycles. The number of nitrogens with zero attached hydrogens (tertiary/aromatic N) is 2. The summed E-state index contributed by atoms with van der Waals surface area (Å²) in [4.78, 5) is 52.7. The van der Waals surface area contributed by atoms with Gasteiger partial charge < -0.3 is 31.1 Å². The number of piperidine rings is 1. The summed E-state index contributed by atoms with van der Waals surface area (Å²) in [6.07, 6.45) is 22.8. The second-order valence-corrected chi connectivity index (χ2v) is 21.5. The van der Waals surface area contributed by atoms with E-state index in [0.29, 0.717) is 52.0 Å². The lowest BCUT2D eigenvalue weighted by Crippen LogP contribution is -2.61. The van der Waals surface area contributed by atoms with Gasteiger partial charge in [0.2, 0.25) is 11.8 Å². The molecule has 10 heteroatoms. The molecule has 2 unspecified atom stereocenters. The zero-order valence-corrected chi connectivity index (χ0v) is 37.6. The Bertz CT molecular complexity index is 1570. The summed E-state index contributed by atoms with van der Waals surface area (Å²) >= 11 is 0. The molecule has 0 radical (unpaired) electrons. The van der Waals surface area contributed by atoms with E-state index in [1.165, 1.54) is 70.6 Å². The standard InChI is InChI=1S/C24H41N3O2.C24H39N3O2/c2*1-5-14-25-22(29)26-15-16-6-8-18-17-7-9-20-24(3,13-11-21(28)27(20)4)19(17)10-12-23(16,18)2/h16-20H,5-15H2,1-4H3,(H2,25,26,29);11,13,16-20H,5-10,12,14-15H2,1-4H3,(H2,25,26,29)/t2*16?,17-,18-,19-,20+,23+,24+/m00/s1. The molecular weight excluding hydrogens is 725 g/mol. The Balaban J connectivity index is 0.000000177. The van der Waals surface area contributed by atoms with Gasteiger partial charge in [-0.2, -0.15) is 0 Å². The SMILES string of the molecule is CCCNC(=O)NCC1CC[C@H]2[C@@H]3CC[C@H]4N(C)C(=O)C=C[C@]4(C)[C@H]3CC[C@]12C.CCCNC(=O)NCC1CC[C@H]2[C@@H]3CC[C@H]4N(C)C(=O)CC[C@]4(C)[C@H]3CC[C@]12C. The van der Waals surface area contributed by atoms with Crippen molar-refractivity contribution in [3.8, 4) is 0 Å². The van der Waals surface area contributed by atoms with Crippen molar-refractivity contribution < 1.29 is 19.2 Å². The van der Waals surface area contributed by atoms with Gasteiger partial charge >= 0.3 is 12.1 Å². The van der Waals surface area contributed by atoms with E-state index in [0.717, 1.165) is 87.9 Å². The van der Waals surface area contributed by atoms with Gasteiger partial charge in [0.1, 0.15) is 0 Å². The first kappa shape index (κ1) is 43.3. The molecule has 326 valence electrons. The van der Waals surface area contributed by atoms with E-state index < -0.39 is 0 Å². The molecule has 8 rings (SSSR count). The summed E-state index contributed by atoms with van der Waals surface area (Å²) in [7, 11) is 4.03. The van der Waals surface area contributed by atoms with E-state index in [9.17, 15) is 19.2 Å². The highest BCUT2D eigenvalue weighted by Gasteiger charge is 2.62. The Labute approximate surface area is 351 Å². The van der Waals surface area contributed by atoms with E-state index in [1.54, 1.807) is 0 Å². The summed E-state index contributed by atoms with van der Waals surface area (Å²) in [5, 5.41) is 12.2. The normalized spacial score (nSPS) is 43.7. The number of likely N-dealkylation sites (tertiary alicyclic amines) is 1. The van der Waals surface area contributed by atoms with Gasteiger partial charge in [0, 0.05) is 64.2 Å². The smallest absolute Gasteiger partial charge is 0.314 e. The highest BCUT2D eigenvalue weighted by Crippen LogP contribution is 2.67. The first-order chi connectivity index (χ1) is 27.6. The third-order valence-corrected chi connectivity index (χ3v) is 19.2. The van der Waals surface area contributed by atoms with Gasteiger partial charge in [0.25, 0.3) is 0 Å². The molecular formula is C48H80N6O4. The van der Waals surface area contributed by atoms with E-state index in [4.69, 9.17) is 0 Å². The molecule has 8 aliphatic rings. The molecule has 6 amide bonds. The number of hydrogen-bond donors (Lipinski definition) is 4. The van der Waals surface area contributed by atoms with Crippen molar-refractivity contribution in [1.82, 2.24) is 31.1 Å². The number of likely N-dealkylation sites (N-methyl/N-ethyl adjacent to an activating group) is 1. The monoisotopic (exact) mass is 805 g/mol. The van der Waals surface area contributed by atoms with Crippen LogP contribution in [0.4, 0.5) is 9.59 Å². The molecule has 4 N–H and O–H groups in total. The second kappa shape index (κ2) is 16.9. The largest absolute Gasteiger partial charge is 0.342 e. The number of hydrogen-bond acceptors (Lipinski definition) is 4. The molecule has 2 aliphatic heterocycles. The van der Waals surface area contributed by atoms with Crippen LogP contribution < -0.4 is 21.3 Å². The fourth-order valence-electron chi connectivity index (χ4n) is 15.8. The summed E-state index contributed by atoms with van der Waals surface area (Å²) < 4.78 is 0. The minimum Gasteiger partial charge on any atom is -0.342 e. The second-order valence-electron chi connectivity index (χ2n) is 21.5. The number of urea groups is 2. The van der Waals surface area contributed by atoms with Gasteiger partial charge in [-0.3, -0.25) is 9.59 Å². The zero-order valence-electron chi connectivity index (χ0n) is 37.6. The quantitative estimate of drug-likeness (QED) is 0.198. The number of carbonyl (C=O) groups is 4. The van der Waals surface area contributed by atoms with E-state index in [2.05, 4.69) is 73.8 Å². The van der Waals surface area contributed by atoms with Crippen LogP contribution in [0.25, 0.3) is 0 Å². The Hall–Kier alpha value is -2.78. The zero-order chi connectivity index (χ0) is 41.6. The van der Waals surface area contributed by atoms with Crippen molar-refractivity contribution in [3.05, 3.63) is 12.2 Å². The lowest BCUT2D eigenvalue weighted by molar-refractivity contribution is -0.158. The van der Waals surface area contributed by atoms with Gasteiger partial charge in [0.15, 0.2) is 0 Å². The predicted molar refractivity (Wildman–Crippen MR) is 231 cm³/mol. The van der Waals surface area contributed by atoms with Gasteiger partial charge in [0.05, 0.1) is 0 Å². The molecule has 7 fully saturated rings. The summed E-state index contributed by atoms with van der Waals surface area (Å²) in [6, 6.07) is 0.776. The number of nitrogens with one attached hydrogen (secondary N) is 4. The maximum Gasteiger partial charge on any atom is 0.314 e. The molecule has 1 saturated heterocycles. The van der Waals surface area contributed by atoms with E-state index in [1.807, 2.05) is 25.1 Å².